The molecule has 1 fully saturated rings. The SMILES string of the molecule is O=C(Cn1c(=O)n(C2CCCCC2)c2ncccc21)NCc1ccccc1F. The van der Waals surface area contributed by atoms with E-state index in [9.17, 15) is 14.0 Å². The third-order valence-electron chi connectivity index (χ3n) is 5.40. The summed E-state index contributed by atoms with van der Waals surface area (Å²) >= 11 is 0. The number of nitrogens with one attached hydrogen (secondary N) is 1. The van der Waals surface area contributed by atoms with E-state index in [0.717, 1.165) is 25.7 Å². The summed E-state index contributed by atoms with van der Waals surface area (Å²) in [5, 5.41) is 2.70. The van der Waals surface area contributed by atoms with Crippen molar-refractivity contribution in [3.8, 4) is 0 Å². The molecule has 1 aliphatic rings. The summed E-state index contributed by atoms with van der Waals surface area (Å²) in [6.45, 7) is -0.0328. The van der Waals surface area contributed by atoms with Gasteiger partial charge in [-0.2, -0.15) is 0 Å². The van der Waals surface area contributed by atoms with Crippen molar-refractivity contribution in [3.63, 3.8) is 0 Å². The Morgan fingerprint density at radius 1 is 1.14 bits per heavy atom. The van der Waals surface area contributed by atoms with Crippen LogP contribution in [0.2, 0.25) is 0 Å². The zero-order valence-electron chi connectivity index (χ0n) is 15.6. The van der Waals surface area contributed by atoms with Crippen molar-refractivity contribution in [1.29, 1.82) is 0 Å². The summed E-state index contributed by atoms with van der Waals surface area (Å²) in [5.41, 5.74) is 1.48. The van der Waals surface area contributed by atoms with Gasteiger partial charge in [-0.3, -0.25) is 13.9 Å². The second kappa shape index (κ2) is 7.96. The Kier molecular flexibility index (Phi) is 5.23. The monoisotopic (exact) mass is 382 g/mol. The van der Waals surface area contributed by atoms with Gasteiger partial charge in [-0.25, -0.2) is 14.2 Å². The Hall–Kier alpha value is -2.96. The topological polar surface area (TPSA) is 68.9 Å². The van der Waals surface area contributed by atoms with E-state index in [0.29, 0.717) is 16.7 Å². The average molecular weight is 382 g/mol. The molecule has 1 N–H and O–H groups in total. The summed E-state index contributed by atoms with van der Waals surface area (Å²) in [5.74, 6) is -0.699. The number of hydrogen-bond acceptors (Lipinski definition) is 3. The van der Waals surface area contributed by atoms with Crippen molar-refractivity contribution in [2.45, 2.75) is 51.2 Å². The summed E-state index contributed by atoms with van der Waals surface area (Å²) < 4.78 is 16.9. The molecule has 0 aliphatic heterocycles. The third-order valence-corrected chi connectivity index (χ3v) is 5.40. The quantitative estimate of drug-likeness (QED) is 0.737. The van der Waals surface area contributed by atoms with Gasteiger partial charge in [0.15, 0.2) is 5.65 Å². The van der Waals surface area contributed by atoms with Gasteiger partial charge >= 0.3 is 5.69 Å². The standard InChI is InChI=1S/C21H23FN4O2/c22-17-10-5-4-7-15(17)13-24-19(27)14-25-18-11-6-12-23-20(18)26(21(25)28)16-8-2-1-3-9-16/h4-7,10-12,16H,1-3,8-9,13-14H2,(H,24,27). The molecule has 146 valence electrons. The van der Waals surface area contributed by atoms with Crippen LogP contribution in [0.1, 0.15) is 43.7 Å². The number of amides is 1. The number of carbonyl (C=O) groups is 1. The van der Waals surface area contributed by atoms with Crippen LogP contribution < -0.4 is 11.0 Å². The maximum atomic E-state index is 13.7. The lowest BCUT2D eigenvalue weighted by atomic mass is 9.95. The first-order chi connectivity index (χ1) is 13.6. The second-order valence-corrected chi connectivity index (χ2v) is 7.24. The molecule has 2 aromatic heterocycles. The first-order valence-electron chi connectivity index (χ1n) is 9.71. The van der Waals surface area contributed by atoms with Crippen molar-refractivity contribution in [2.75, 3.05) is 0 Å². The lowest BCUT2D eigenvalue weighted by molar-refractivity contribution is -0.121. The van der Waals surface area contributed by atoms with Gasteiger partial charge in [0, 0.05) is 24.3 Å². The van der Waals surface area contributed by atoms with Gasteiger partial charge in [0.2, 0.25) is 5.91 Å². The van der Waals surface area contributed by atoms with E-state index in [-0.39, 0.29) is 36.5 Å². The van der Waals surface area contributed by atoms with Crippen LogP contribution in [0.5, 0.6) is 0 Å². The molecule has 0 spiro atoms. The van der Waals surface area contributed by atoms with E-state index in [4.69, 9.17) is 0 Å². The van der Waals surface area contributed by atoms with Crippen LogP contribution >= 0.6 is 0 Å². The van der Waals surface area contributed by atoms with Crippen LogP contribution in [0.15, 0.2) is 47.4 Å². The molecule has 6 nitrogen and oxygen atoms in total. The molecule has 28 heavy (non-hydrogen) atoms. The van der Waals surface area contributed by atoms with Gasteiger partial charge in [-0.15, -0.1) is 0 Å². The smallest absolute Gasteiger partial charge is 0.331 e. The molecule has 1 aliphatic carbocycles. The van der Waals surface area contributed by atoms with E-state index in [1.807, 2.05) is 6.07 Å². The largest absolute Gasteiger partial charge is 0.350 e. The van der Waals surface area contributed by atoms with E-state index in [1.165, 1.54) is 17.1 Å². The minimum Gasteiger partial charge on any atom is -0.350 e. The highest BCUT2D eigenvalue weighted by Gasteiger charge is 2.23. The van der Waals surface area contributed by atoms with E-state index in [2.05, 4.69) is 10.3 Å². The molecule has 2 heterocycles. The number of hydrogen-bond donors (Lipinski definition) is 1. The highest BCUT2D eigenvalue weighted by molar-refractivity contribution is 5.79. The number of aromatic nitrogens is 3. The molecule has 1 amide bonds. The number of imidazole rings is 1. The lowest BCUT2D eigenvalue weighted by Gasteiger charge is -2.22. The van der Waals surface area contributed by atoms with E-state index < -0.39 is 0 Å². The molecule has 0 unspecified atom stereocenters. The molecular weight excluding hydrogens is 359 g/mol. The molecule has 0 radical (unpaired) electrons. The first-order valence-corrected chi connectivity index (χ1v) is 9.71. The number of pyridine rings is 1. The summed E-state index contributed by atoms with van der Waals surface area (Å²) in [7, 11) is 0. The molecule has 7 heteroatoms. The van der Waals surface area contributed by atoms with Crippen LogP contribution in [0.4, 0.5) is 4.39 Å². The van der Waals surface area contributed by atoms with Crippen molar-refractivity contribution < 1.29 is 9.18 Å². The van der Waals surface area contributed by atoms with Crippen molar-refractivity contribution >= 4 is 17.1 Å². The molecule has 1 saturated carbocycles. The molecule has 0 saturated heterocycles. The lowest BCUT2D eigenvalue weighted by Crippen LogP contribution is -2.34. The fourth-order valence-electron chi connectivity index (χ4n) is 3.96. The van der Waals surface area contributed by atoms with Crippen LogP contribution in [-0.4, -0.2) is 20.0 Å². The fourth-order valence-corrected chi connectivity index (χ4v) is 3.96. The second-order valence-electron chi connectivity index (χ2n) is 7.24. The Balaban J connectivity index is 1.58. The molecule has 0 bridgehead atoms. The zero-order valence-corrected chi connectivity index (χ0v) is 15.6. The number of halogens is 1. The Morgan fingerprint density at radius 2 is 1.93 bits per heavy atom. The van der Waals surface area contributed by atoms with Crippen LogP contribution in [0.3, 0.4) is 0 Å². The predicted octanol–water partition coefficient (Wildman–Crippen LogP) is 3.16. The van der Waals surface area contributed by atoms with Gasteiger partial charge in [-0.05, 0) is 31.0 Å². The highest BCUT2D eigenvalue weighted by Crippen LogP contribution is 2.29. The van der Waals surface area contributed by atoms with Gasteiger partial charge < -0.3 is 5.32 Å². The van der Waals surface area contributed by atoms with Gasteiger partial charge in [-0.1, -0.05) is 37.5 Å². The van der Waals surface area contributed by atoms with E-state index >= 15 is 0 Å². The maximum absolute atomic E-state index is 13.7. The molecule has 0 atom stereocenters. The predicted molar refractivity (Wildman–Crippen MR) is 104 cm³/mol. The summed E-state index contributed by atoms with van der Waals surface area (Å²) in [6, 6.07) is 10.0. The van der Waals surface area contributed by atoms with Crippen LogP contribution in [-0.2, 0) is 17.9 Å². The fraction of sp³-hybridized carbons (Fsp3) is 0.381. The normalized spacial score (nSPS) is 15.0. The number of rotatable bonds is 5. The molecule has 3 aromatic rings. The van der Waals surface area contributed by atoms with Crippen molar-refractivity contribution in [2.24, 2.45) is 0 Å². The van der Waals surface area contributed by atoms with Crippen molar-refractivity contribution in [3.05, 3.63) is 64.5 Å². The maximum Gasteiger partial charge on any atom is 0.331 e. The number of nitrogens with zero attached hydrogens (tertiary/aromatic N) is 3. The molecule has 1 aromatic carbocycles. The van der Waals surface area contributed by atoms with Gasteiger partial charge in [0.1, 0.15) is 12.4 Å². The van der Waals surface area contributed by atoms with Gasteiger partial charge in [0.25, 0.3) is 0 Å². The van der Waals surface area contributed by atoms with Crippen molar-refractivity contribution in [1.82, 2.24) is 19.4 Å². The van der Waals surface area contributed by atoms with Gasteiger partial charge in [0.05, 0.1) is 5.52 Å². The number of fused-ring (bicyclic) bond motifs is 1. The zero-order chi connectivity index (χ0) is 19.5. The molecule has 4 rings (SSSR count). The molecular formula is C21H23FN4O2. The van der Waals surface area contributed by atoms with Crippen LogP contribution in [0, 0.1) is 5.82 Å². The summed E-state index contributed by atoms with van der Waals surface area (Å²) in [4.78, 5) is 30.0. The Morgan fingerprint density at radius 3 is 2.71 bits per heavy atom. The number of benzene rings is 1. The highest BCUT2D eigenvalue weighted by atomic mass is 19.1. The average Bonchev–Trinajstić information content (AvgIpc) is 3.00. The Bertz CT molecular complexity index is 1050. The summed E-state index contributed by atoms with van der Waals surface area (Å²) in [6.07, 6.45) is 6.96. The minimum absolute atomic E-state index is 0.0831. The van der Waals surface area contributed by atoms with E-state index in [1.54, 1.807) is 35.0 Å². The third kappa shape index (κ3) is 3.56. The Labute approximate surface area is 162 Å². The first kappa shape index (κ1) is 18.4. The van der Waals surface area contributed by atoms with Crippen LogP contribution in [0.25, 0.3) is 11.2 Å². The number of carbonyl (C=O) groups excluding carboxylic acids is 1. The minimum atomic E-state index is -0.363.